The maximum atomic E-state index is 12.7. The molecule has 2 heterocycles. The molecule has 0 bridgehead atoms. The Morgan fingerprint density at radius 3 is 2.26 bits per heavy atom. The Morgan fingerprint density at radius 2 is 1.62 bits per heavy atom. The van der Waals surface area contributed by atoms with Gasteiger partial charge in [0.05, 0.1) is 44.0 Å². The Balaban J connectivity index is 1.41. The van der Waals surface area contributed by atoms with Crippen molar-refractivity contribution in [1.29, 1.82) is 0 Å². The molecule has 290 valence electrons. The molecule has 0 unspecified atom stereocenters. The van der Waals surface area contributed by atoms with E-state index in [1.807, 2.05) is 42.5 Å². The SMILES string of the molecule is C#CCCO[C@@H]1O[C@H](CCO[C@]2(C(=O)O)C[C@H](O)[C@@H](NC(=O)CO)[C@H]([C@H](O)[C@H](O)CNC(=O)Cc3ccc(-c4ccccc4)cc3)O2)[C@H](O)[C@H](O)[C@H]1O. The number of carboxylic acid groups (broad SMARTS) is 1. The zero-order valence-electron chi connectivity index (χ0n) is 28.6. The average Bonchev–Trinajstić information content (AvgIpc) is 3.15. The number of nitrogens with one attached hydrogen (secondary N) is 2. The summed E-state index contributed by atoms with van der Waals surface area (Å²) in [4.78, 5) is 37.4. The summed E-state index contributed by atoms with van der Waals surface area (Å²) < 4.78 is 22.2. The summed E-state index contributed by atoms with van der Waals surface area (Å²) in [5.74, 6) is -3.66. The lowest BCUT2D eigenvalue weighted by Gasteiger charge is -2.47. The van der Waals surface area contributed by atoms with Crippen LogP contribution in [0.25, 0.3) is 11.1 Å². The lowest BCUT2D eigenvalue weighted by Crippen LogP contribution is -2.68. The van der Waals surface area contributed by atoms with Crippen LogP contribution in [-0.4, -0.2) is 152 Å². The molecule has 2 aliphatic rings. The molecule has 2 fully saturated rings. The molecular formula is C36H46N2O15. The second-order valence-corrected chi connectivity index (χ2v) is 12.7. The molecule has 17 nitrogen and oxygen atoms in total. The van der Waals surface area contributed by atoms with Crippen LogP contribution in [-0.2, 0) is 39.8 Å². The lowest BCUT2D eigenvalue weighted by atomic mass is 9.88. The zero-order valence-corrected chi connectivity index (χ0v) is 28.6. The van der Waals surface area contributed by atoms with E-state index in [2.05, 4.69) is 16.6 Å². The van der Waals surface area contributed by atoms with Gasteiger partial charge in [-0.05, 0) is 23.1 Å². The van der Waals surface area contributed by atoms with Crippen LogP contribution < -0.4 is 10.6 Å². The summed E-state index contributed by atoms with van der Waals surface area (Å²) in [5.41, 5.74) is 2.60. The zero-order chi connectivity index (χ0) is 38.7. The Kier molecular flexibility index (Phi) is 15.2. The highest BCUT2D eigenvalue weighted by atomic mass is 16.7. The first-order valence-electron chi connectivity index (χ1n) is 17.0. The minimum absolute atomic E-state index is 0.0334. The van der Waals surface area contributed by atoms with E-state index in [0.29, 0.717) is 5.56 Å². The molecule has 2 aromatic carbocycles. The second kappa shape index (κ2) is 19.3. The first kappa shape index (κ1) is 41.7. The van der Waals surface area contributed by atoms with Gasteiger partial charge in [-0.15, -0.1) is 12.3 Å². The summed E-state index contributed by atoms with van der Waals surface area (Å²) in [6.07, 6.45) is -10.9. The van der Waals surface area contributed by atoms with Crippen molar-refractivity contribution in [2.24, 2.45) is 0 Å². The first-order valence-corrected chi connectivity index (χ1v) is 17.0. The number of aliphatic hydroxyl groups is 7. The van der Waals surface area contributed by atoms with Crippen LogP contribution in [0.5, 0.6) is 0 Å². The Hall–Kier alpha value is -4.03. The standard InChI is InChI=1S/C36H46N2O15/c1-2-3-14-50-34-32(47)31(46)30(45)25(52-34)13-15-51-36(35(48)49)17-23(40)28(38-27(43)19-39)33(53-36)29(44)24(41)18-37-26(42)16-20-9-11-22(12-10-20)21-7-5-4-6-8-21/h1,4-12,23-25,28-34,39-41,44-47H,3,13-19H2,(H,37,42)(H,38,43)(H,48,49)/t23-,24+,25+,28+,29+,30-,31-,32+,33+,34+,36+/m0/s1. The van der Waals surface area contributed by atoms with Crippen LogP contribution in [0.15, 0.2) is 54.6 Å². The molecule has 17 heteroatoms. The van der Waals surface area contributed by atoms with Crippen molar-refractivity contribution >= 4 is 17.8 Å². The number of hydrogen-bond donors (Lipinski definition) is 10. The minimum atomic E-state index is -2.69. The van der Waals surface area contributed by atoms with Gasteiger partial charge >= 0.3 is 5.97 Å². The highest BCUT2D eigenvalue weighted by Gasteiger charge is 2.56. The van der Waals surface area contributed by atoms with Crippen molar-refractivity contribution in [3.63, 3.8) is 0 Å². The number of carboxylic acids is 1. The van der Waals surface area contributed by atoms with Crippen LogP contribution in [0.3, 0.4) is 0 Å². The van der Waals surface area contributed by atoms with Gasteiger partial charge in [0, 0.05) is 19.4 Å². The van der Waals surface area contributed by atoms with Gasteiger partial charge in [-0.2, -0.15) is 0 Å². The van der Waals surface area contributed by atoms with Crippen molar-refractivity contribution < 1.29 is 74.2 Å². The van der Waals surface area contributed by atoms with Gasteiger partial charge in [-0.25, -0.2) is 4.79 Å². The topological polar surface area (TPSA) is 274 Å². The first-order chi connectivity index (χ1) is 25.3. The van der Waals surface area contributed by atoms with Crippen molar-refractivity contribution in [2.75, 3.05) is 26.4 Å². The monoisotopic (exact) mass is 746 g/mol. The van der Waals surface area contributed by atoms with Crippen LogP contribution in [0.4, 0.5) is 0 Å². The molecule has 0 radical (unpaired) electrons. The Labute approximate surface area is 305 Å². The highest BCUT2D eigenvalue weighted by molar-refractivity contribution is 5.79. The van der Waals surface area contributed by atoms with Crippen molar-refractivity contribution in [3.05, 3.63) is 60.2 Å². The third-order valence-corrected chi connectivity index (χ3v) is 8.97. The quantitative estimate of drug-likeness (QED) is 0.0587. The second-order valence-electron chi connectivity index (χ2n) is 12.7. The molecule has 2 aliphatic heterocycles. The third kappa shape index (κ3) is 10.8. The van der Waals surface area contributed by atoms with Crippen LogP contribution in [0.1, 0.15) is 24.8 Å². The van der Waals surface area contributed by atoms with Crippen molar-refractivity contribution in [1.82, 2.24) is 10.6 Å². The maximum absolute atomic E-state index is 12.7. The fourth-order valence-electron chi connectivity index (χ4n) is 6.07. The van der Waals surface area contributed by atoms with E-state index >= 15 is 0 Å². The number of ether oxygens (including phenoxy) is 4. The van der Waals surface area contributed by atoms with E-state index in [9.17, 15) is 55.2 Å². The fourth-order valence-corrected chi connectivity index (χ4v) is 6.07. The van der Waals surface area contributed by atoms with Gasteiger partial charge in [-0.1, -0.05) is 54.6 Å². The van der Waals surface area contributed by atoms with E-state index in [1.165, 1.54) is 0 Å². The van der Waals surface area contributed by atoms with Gasteiger partial charge in [0.1, 0.15) is 37.1 Å². The maximum Gasteiger partial charge on any atom is 0.364 e. The smallest absolute Gasteiger partial charge is 0.364 e. The van der Waals surface area contributed by atoms with E-state index in [-0.39, 0.29) is 25.9 Å². The summed E-state index contributed by atoms with van der Waals surface area (Å²) in [7, 11) is 0. The van der Waals surface area contributed by atoms with Gasteiger partial charge in [-0.3, -0.25) is 9.59 Å². The summed E-state index contributed by atoms with van der Waals surface area (Å²) in [5, 5.41) is 88.3. The molecular weight excluding hydrogens is 700 g/mol. The number of terminal acetylenes is 1. The summed E-state index contributed by atoms with van der Waals surface area (Å²) in [6.45, 7) is -2.17. The number of benzene rings is 2. The third-order valence-electron chi connectivity index (χ3n) is 8.97. The molecule has 10 N–H and O–H groups in total. The predicted molar refractivity (Wildman–Crippen MR) is 182 cm³/mol. The Bertz CT molecular complexity index is 1540. The number of aliphatic carboxylic acids is 1. The van der Waals surface area contributed by atoms with Gasteiger partial charge in [0.15, 0.2) is 6.29 Å². The van der Waals surface area contributed by atoms with Gasteiger partial charge in [0.2, 0.25) is 11.8 Å². The summed E-state index contributed by atoms with van der Waals surface area (Å²) in [6, 6.07) is 15.3. The number of aliphatic hydroxyl groups excluding tert-OH is 7. The molecule has 0 aliphatic carbocycles. The molecule has 11 atom stereocenters. The number of carbonyl (C=O) groups is 3. The average molecular weight is 747 g/mol. The number of carbonyl (C=O) groups excluding carboxylic acids is 2. The van der Waals surface area contributed by atoms with Gasteiger partial charge in [0.25, 0.3) is 5.79 Å². The van der Waals surface area contributed by atoms with E-state index in [0.717, 1.165) is 11.1 Å². The normalized spacial score (nSPS) is 29.7. The Morgan fingerprint density at radius 1 is 0.943 bits per heavy atom. The van der Waals surface area contributed by atoms with Crippen LogP contribution >= 0.6 is 0 Å². The molecule has 2 aromatic rings. The van der Waals surface area contributed by atoms with Crippen molar-refractivity contribution in [3.8, 4) is 23.5 Å². The highest BCUT2D eigenvalue weighted by Crippen LogP contribution is 2.34. The van der Waals surface area contributed by atoms with Crippen LogP contribution in [0, 0.1) is 12.3 Å². The van der Waals surface area contributed by atoms with E-state index < -0.39 is 111 Å². The van der Waals surface area contributed by atoms with E-state index in [1.54, 1.807) is 12.1 Å². The lowest BCUT2D eigenvalue weighted by molar-refractivity contribution is -0.319. The van der Waals surface area contributed by atoms with Crippen molar-refractivity contribution in [2.45, 2.75) is 92.6 Å². The summed E-state index contributed by atoms with van der Waals surface area (Å²) >= 11 is 0. The fraction of sp³-hybridized carbons (Fsp3) is 0.528. The molecule has 0 aromatic heterocycles. The molecule has 4 rings (SSSR count). The number of amides is 2. The van der Waals surface area contributed by atoms with Gasteiger partial charge < -0.3 is 70.4 Å². The number of rotatable bonds is 17. The number of hydrogen-bond acceptors (Lipinski definition) is 14. The largest absolute Gasteiger partial charge is 0.477 e. The molecule has 53 heavy (non-hydrogen) atoms. The minimum Gasteiger partial charge on any atom is -0.477 e. The molecule has 2 saturated heterocycles. The molecule has 0 spiro atoms. The molecule has 0 saturated carbocycles. The predicted octanol–water partition coefficient (Wildman–Crippen LogP) is -2.60. The van der Waals surface area contributed by atoms with E-state index in [4.69, 9.17) is 25.4 Å². The molecule has 2 amide bonds. The van der Waals surface area contributed by atoms with Crippen LogP contribution in [0.2, 0.25) is 0 Å².